The Labute approximate surface area is 294 Å². The monoisotopic (exact) mass is 771 g/mol. The van der Waals surface area contributed by atoms with E-state index < -0.39 is 76.2 Å². The van der Waals surface area contributed by atoms with Crippen molar-refractivity contribution in [3.05, 3.63) is 122 Å². The molecule has 3 aromatic carbocycles. The Balaban J connectivity index is 1.29. The molecular weight excluding hydrogens is 748 g/mol. The topological polar surface area (TPSA) is 101 Å². The molecule has 1 fully saturated rings. The molecule has 1 aliphatic heterocycles. The number of imide groups is 1. The van der Waals surface area contributed by atoms with Crippen LogP contribution in [0.5, 0.6) is 11.5 Å². The number of alkyl halides is 6. The van der Waals surface area contributed by atoms with Crippen LogP contribution in [-0.2, 0) is 38.1 Å². The van der Waals surface area contributed by atoms with E-state index in [1.54, 1.807) is 12.1 Å². The highest BCUT2D eigenvalue weighted by atomic mass is 79.9. The predicted octanol–water partition coefficient (Wildman–Crippen LogP) is 7.98. The summed E-state index contributed by atoms with van der Waals surface area (Å²) in [6, 6.07) is 14.2. The highest BCUT2D eigenvalue weighted by Crippen LogP contribution is 2.57. The Kier molecular flexibility index (Phi) is 8.35. The molecule has 0 bridgehead atoms. The summed E-state index contributed by atoms with van der Waals surface area (Å²) in [4.78, 5) is 55.2. The smallest absolute Gasteiger partial charge is 0.416 e. The van der Waals surface area contributed by atoms with Crippen molar-refractivity contribution in [2.24, 2.45) is 17.8 Å². The largest absolute Gasteiger partial charge is 0.507 e. The Morgan fingerprint density at radius 1 is 0.843 bits per heavy atom. The minimum Gasteiger partial charge on any atom is -0.507 e. The first kappa shape index (κ1) is 34.5. The first-order valence-corrected chi connectivity index (χ1v) is 16.4. The molecule has 1 heterocycles. The summed E-state index contributed by atoms with van der Waals surface area (Å²) in [5, 5.41) is 11.3. The molecule has 0 saturated carbocycles. The standard InChI is InChI=1S/C37H24BrF6NO6/c38-27-15-29(47)32-26(33(27)48)14-25-22(30(32)23-7-6-21(13-28(23)46)51-16-17-4-2-1-3-5-17)8-9-24-31(25)35(50)45(34(24)49)20-11-18(36(39,40)41)10-19(12-20)37(42,43)44/h1-8,10-13,15,24-25,30-31,46H,9,14,16H2/t24-,25+,30+,31-/m0/s1. The van der Waals surface area contributed by atoms with Crippen LogP contribution >= 0.6 is 15.9 Å². The molecule has 0 unspecified atom stereocenters. The molecule has 262 valence electrons. The molecule has 4 atom stereocenters. The third kappa shape index (κ3) is 5.98. The van der Waals surface area contributed by atoms with E-state index in [0.29, 0.717) is 28.4 Å². The van der Waals surface area contributed by atoms with Gasteiger partial charge in [0.2, 0.25) is 11.8 Å². The number of hydrogen-bond acceptors (Lipinski definition) is 6. The van der Waals surface area contributed by atoms with Gasteiger partial charge in [0.1, 0.15) is 18.1 Å². The number of phenols is 1. The van der Waals surface area contributed by atoms with Crippen LogP contribution in [-0.4, -0.2) is 28.5 Å². The average Bonchev–Trinajstić information content (AvgIpc) is 3.34. The first-order chi connectivity index (χ1) is 24.0. The van der Waals surface area contributed by atoms with Gasteiger partial charge in [-0.15, -0.1) is 0 Å². The van der Waals surface area contributed by atoms with Gasteiger partial charge in [0.15, 0.2) is 11.6 Å². The van der Waals surface area contributed by atoms with Crippen LogP contribution in [0, 0.1) is 17.8 Å². The molecule has 14 heteroatoms. The van der Waals surface area contributed by atoms with Crippen LogP contribution in [0.2, 0.25) is 0 Å². The van der Waals surface area contributed by atoms with Crippen LogP contribution in [0.3, 0.4) is 0 Å². The summed E-state index contributed by atoms with van der Waals surface area (Å²) in [5.74, 6) is -7.63. The summed E-state index contributed by atoms with van der Waals surface area (Å²) in [7, 11) is 0. The lowest BCUT2D eigenvalue weighted by Crippen LogP contribution is -2.39. The van der Waals surface area contributed by atoms with Crippen molar-refractivity contribution in [1.29, 1.82) is 0 Å². The molecular formula is C37H24BrF6NO6. The number of halogens is 7. The molecule has 3 aliphatic carbocycles. The van der Waals surface area contributed by atoms with Gasteiger partial charge >= 0.3 is 12.4 Å². The van der Waals surface area contributed by atoms with E-state index in [4.69, 9.17) is 4.74 Å². The predicted molar refractivity (Wildman–Crippen MR) is 172 cm³/mol. The summed E-state index contributed by atoms with van der Waals surface area (Å²) < 4.78 is 88.0. The number of Topliss-reactive ketones (excluding diaryl/α,β-unsaturated/α-hetero) is 1. The number of ether oxygens (including phenoxy) is 1. The number of ketones is 2. The molecule has 0 aromatic heterocycles. The van der Waals surface area contributed by atoms with E-state index >= 15 is 0 Å². The Morgan fingerprint density at radius 2 is 1.51 bits per heavy atom. The number of phenolic OH excluding ortho intramolecular Hbond substituents is 1. The summed E-state index contributed by atoms with van der Waals surface area (Å²) in [5.41, 5.74) is -2.72. The molecule has 4 aliphatic rings. The number of aromatic hydroxyl groups is 1. The minimum atomic E-state index is -5.22. The van der Waals surface area contributed by atoms with E-state index in [9.17, 15) is 50.6 Å². The highest BCUT2D eigenvalue weighted by Gasteiger charge is 2.57. The number of carbonyl (C=O) groups excluding carboxylic acids is 4. The molecule has 7 rings (SSSR count). The Morgan fingerprint density at radius 3 is 2.14 bits per heavy atom. The van der Waals surface area contributed by atoms with E-state index in [1.807, 2.05) is 30.3 Å². The second-order valence-electron chi connectivity index (χ2n) is 12.7. The number of allylic oxidation sites excluding steroid dienone is 6. The maximum atomic E-state index is 14.1. The molecule has 2 amide bonds. The molecule has 7 nitrogen and oxygen atoms in total. The Bertz CT molecular complexity index is 2090. The third-order valence-corrected chi connectivity index (χ3v) is 10.3. The molecule has 3 aromatic rings. The fraction of sp³-hybridized carbons (Fsp3) is 0.243. The SMILES string of the molecule is O=C1C=C(Br)C(=O)C2=C1[C@@H](c1ccc(OCc3ccccc3)cc1O)C1=CC[C@@H]3C(=O)N(c4cc(C(F)(F)F)cc(C(F)(F)F)c4)C(=O)[C@@H]3[C@@H]1C2. The van der Waals surface area contributed by atoms with Gasteiger partial charge in [0.25, 0.3) is 0 Å². The Hall–Kier alpha value is -4.98. The zero-order valence-corrected chi connectivity index (χ0v) is 27.6. The van der Waals surface area contributed by atoms with E-state index in [-0.39, 0.29) is 52.5 Å². The number of benzene rings is 3. The van der Waals surface area contributed by atoms with Gasteiger partial charge < -0.3 is 9.84 Å². The van der Waals surface area contributed by atoms with Gasteiger partial charge in [-0.25, -0.2) is 4.90 Å². The normalized spacial score (nSPS) is 23.5. The van der Waals surface area contributed by atoms with Crippen LogP contribution in [0.4, 0.5) is 32.0 Å². The second kappa shape index (κ2) is 12.4. The van der Waals surface area contributed by atoms with Crippen LogP contribution in [0.25, 0.3) is 0 Å². The van der Waals surface area contributed by atoms with Crippen molar-refractivity contribution in [3.63, 3.8) is 0 Å². The van der Waals surface area contributed by atoms with Gasteiger partial charge in [-0.3, -0.25) is 19.2 Å². The minimum absolute atomic E-state index is 0.0168. The van der Waals surface area contributed by atoms with Crippen LogP contribution in [0.15, 0.2) is 100 Å². The van der Waals surface area contributed by atoms with Crippen molar-refractivity contribution < 1.29 is 55.4 Å². The van der Waals surface area contributed by atoms with Gasteiger partial charge in [0.05, 0.1) is 33.1 Å². The van der Waals surface area contributed by atoms with Gasteiger partial charge in [-0.05, 0) is 64.5 Å². The molecule has 0 radical (unpaired) electrons. The van der Waals surface area contributed by atoms with Gasteiger partial charge in [-0.2, -0.15) is 26.3 Å². The summed E-state index contributed by atoms with van der Waals surface area (Å²) in [6.07, 6.45) is -8.08. The highest BCUT2D eigenvalue weighted by molar-refractivity contribution is 9.12. The average molecular weight is 772 g/mol. The summed E-state index contributed by atoms with van der Waals surface area (Å²) in [6.45, 7) is 0.184. The van der Waals surface area contributed by atoms with E-state index in [1.165, 1.54) is 12.1 Å². The third-order valence-electron chi connectivity index (χ3n) is 9.72. The van der Waals surface area contributed by atoms with Crippen molar-refractivity contribution >= 4 is 45.0 Å². The molecule has 0 spiro atoms. The fourth-order valence-corrected chi connectivity index (χ4v) is 7.93. The zero-order valence-electron chi connectivity index (χ0n) is 26.0. The first-order valence-electron chi connectivity index (χ1n) is 15.6. The number of amides is 2. The summed E-state index contributed by atoms with van der Waals surface area (Å²) >= 11 is 3.11. The molecule has 51 heavy (non-hydrogen) atoms. The maximum Gasteiger partial charge on any atom is 0.416 e. The maximum absolute atomic E-state index is 14.1. The van der Waals surface area contributed by atoms with Crippen molar-refractivity contribution in [2.45, 2.75) is 37.7 Å². The number of carbonyl (C=O) groups is 4. The fourth-order valence-electron chi connectivity index (χ4n) is 7.48. The second-order valence-corrected chi connectivity index (χ2v) is 13.5. The molecule has 1 saturated heterocycles. The van der Waals surface area contributed by atoms with E-state index in [2.05, 4.69) is 15.9 Å². The van der Waals surface area contributed by atoms with Crippen LogP contribution in [0.1, 0.15) is 41.0 Å². The number of hydrogen-bond donors (Lipinski definition) is 1. The lowest BCUT2D eigenvalue weighted by Gasteiger charge is -2.42. The van der Waals surface area contributed by atoms with Gasteiger partial charge in [0, 0.05) is 34.8 Å². The number of nitrogens with zero attached hydrogens (tertiary/aromatic N) is 1. The van der Waals surface area contributed by atoms with E-state index in [0.717, 1.165) is 11.6 Å². The number of anilines is 1. The van der Waals surface area contributed by atoms with Crippen molar-refractivity contribution in [3.8, 4) is 11.5 Å². The number of fused-ring (bicyclic) bond motifs is 3. The lowest BCUT2D eigenvalue weighted by atomic mass is 9.59. The van der Waals surface area contributed by atoms with Crippen molar-refractivity contribution in [2.75, 3.05) is 4.90 Å². The molecule has 1 N–H and O–H groups in total. The van der Waals surface area contributed by atoms with Gasteiger partial charge in [-0.1, -0.05) is 48.0 Å². The lowest BCUT2D eigenvalue weighted by molar-refractivity contribution is -0.143. The van der Waals surface area contributed by atoms with Crippen molar-refractivity contribution in [1.82, 2.24) is 0 Å². The zero-order chi connectivity index (χ0) is 36.6. The van der Waals surface area contributed by atoms with Crippen LogP contribution < -0.4 is 9.64 Å². The number of rotatable bonds is 5. The quantitative estimate of drug-likeness (QED) is 0.122.